The van der Waals surface area contributed by atoms with Crippen LogP contribution in [0.2, 0.25) is 0 Å². The summed E-state index contributed by atoms with van der Waals surface area (Å²) in [5.74, 6) is 5.85. The summed E-state index contributed by atoms with van der Waals surface area (Å²) in [4.78, 5) is 0. The number of benzene rings is 1. The van der Waals surface area contributed by atoms with Crippen LogP contribution < -0.4 is 10.9 Å². The Hall–Kier alpha value is -1.80. The fourth-order valence-electron chi connectivity index (χ4n) is 1.45. The number of hydrogen-bond acceptors (Lipinski definition) is 2. The average Bonchev–Trinajstić information content (AvgIpc) is 2.22. The van der Waals surface area contributed by atoms with Crippen molar-refractivity contribution >= 4 is 11.3 Å². The number of anilines is 1. The molecule has 2 nitrogen and oxygen atoms in total. The predicted octanol–water partition coefficient (Wildman–Crippen LogP) is 2.46. The maximum atomic E-state index is 5.85. The maximum absolute atomic E-state index is 5.85. The molecule has 2 rings (SSSR count). The highest BCUT2D eigenvalue weighted by Gasteiger charge is 2.07. The SMILES string of the molecule is C=C1/C=C\C=C/N(N)c2ccccc21. The first-order valence-corrected chi connectivity index (χ1v) is 4.46. The Bertz CT molecular complexity index is 416. The third-order valence-electron chi connectivity index (χ3n) is 2.18. The van der Waals surface area contributed by atoms with Crippen molar-refractivity contribution in [3.8, 4) is 0 Å². The second-order valence-corrected chi connectivity index (χ2v) is 3.15. The molecule has 1 aromatic carbocycles. The van der Waals surface area contributed by atoms with E-state index in [-0.39, 0.29) is 0 Å². The molecule has 0 saturated heterocycles. The molecule has 1 aliphatic heterocycles. The first-order valence-electron chi connectivity index (χ1n) is 4.46. The summed E-state index contributed by atoms with van der Waals surface area (Å²) in [5.41, 5.74) is 3.01. The smallest absolute Gasteiger partial charge is 0.0646 e. The second-order valence-electron chi connectivity index (χ2n) is 3.15. The van der Waals surface area contributed by atoms with Gasteiger partial charge in [-0.3, -0.25) is 5.01 Å². The van der Waals surface area contributed by atoms with Gasteiger partial charge in [-0.15, -0.1) is 0 Å². The Labute approximate surface area is 83.6 Å². The van der Waals surface area contributed by atoms with Gasteiger partial charge in [0.2, 0.25) is 0 Å². The Morgan fingerprint density at radius 3 is 2.79 bits per heavy atom. The molecule has 0 fully saturated rings. The van der Waals surface area contributed by atoms with Crippen molar-refractivity contribution in [2.75, 3.05) is 5.01 Å². The van der Waals surface area contributed by atoms with Crippen LogP contribution in [0, 0.1) is 0 Å². The third-order valence-corrected chi connectivity index (χ3v) is 2.18. The van der Waals surface area contributed by atoms with Gasteiger partial charge in [-0.1, -0.05) is 36.9 Å². The lowest BCUT2D eigenvalue weighted by atomic mass is 10.0. The van der Waals surface area contributed by atoms with Crippen LogP contribution in [0.25, 0.3) is 5.57 Å². The Morgan fingerprint density at radius 2 is 1.93 bits per heavy atom. The molecule has 0 unspecified atom stereocenters. The van der Waals surface area contributed by atoms with Crippen LogP contribution in [0.15, 0.2) is 55.3 Å². The molecule has 2 heteroatoms. The van der Waals surface area contributed by atoms with E-state index >= 15 is 0 Å². The number of hydrazine groups is 1. The summed E-state index contributed by atoms with van der Waals surface area (Å²) in [6, 6.07) is 7.94. The number of para-hydroxylation sites is 1. The summed E-state index contributed by atoms with van der Waals surface area (Å²) in [5, 5.41) is 1.60. The zero-order valence-electron chi connectivity index (χ0n) is 7.85. The molecule has 2 N–H and O–H groups in total. The maximum Gasteiger partial charge on any atom is 0.0646 e. The van der Waals surface area contributed by atoms with Crippen LogP contribution in [0.3, 0.4) is 0 Å². The van der Waals surface area contributed by atoms with Gasteiger partial charge >= 0.3 is 0 Å². The second kappa shape index (κ2) is 3.52. The molecule has 70 valence electrons. The largest absolute Gasteiger partial charge is 0.286 e. The topological polar surface area (TPSA) is 29.3 Å². The van der Waals surface area contributed by atoms with Crippen LogP contribution in [-0.4, -0.2) is 0 Å². The van der Waals surface area contributed by atoms with E-state index in [2.05, 4.69) is 6.58 Å². The minimum absolute atomic E-state index is 0.970. The monoisotopic (exact) mass is 184 g/mol. The van der Waals surface area contributed by atoms with Crippen molar-refractivity contribution in [2.45, 2.75) is 0 Å². The Kier molecular flexibility index (Phi) is 2.21. The van der Waals surface area contributed by atoms with E-state index in [1.54, 1.807) is 5.01 Å². The summed E-state index contributed by atoms with van der Waals surface area (Å²) < 4.78 is 0. The van der Waals surface area contributed by atoms with Crippen LogP contribution in [0.1, 0.15) is 5.56 Å². The Morgan fingerprint density at radius 1 is 1.14 bits per heavy atom. The van der Waals surface area contributed by atoms with Gasteiger partial charge in [-0.25, -0.2) is 5.84 Å². The van der Waals surface area contributed by atoms with Crippen molar-refractivity contribution < 1.29 is 0 Å². The minimum atomic E-state index is 0.970. The highest BCUT2D eigenvalue weighted by molar-refractivity contribution is 5.82. The lowest BCUT2D eigenvalue weighted by molar-refractivity contribution is 1.07. The van der Waals surface area contributed by atoms with E-state index < -0.39 is 0 Å². The zero-order valence-corrected chi connectivity index (χ0v) is 7.85. The van der Waals surface area contributed by atoms with E-state index in [9.17, 15) is 0 Å². The fraction of sp³-hybridized carbons (Fsp3) is 0. The van der Waals surface area contributed by atoms with Gasteiger partial charge in [0.15, 0.2) is 0 Å². The molecule has 1 heterocycles. The Balaban J connectivity index is 2.60. The lowest BCUT2D eigenvalue weighted by Crippen LogP contribution is -2.25. The molecular formula is C12H12N2. The summed E-state index contributed by atoms with van der Waals surface area (Å²) in [6.45, 7) is 3.99. The highest BCUT2D eigenvalue weighted by atomic mass is 15.4. The predicted molar refractivity (Wildman–Crippen MR) is 60.4 cm³/mol. The van der Waals surface area contributed by atoms with Crippen molar-refractivity contribution in [1.82, 2.24) is 0 Å². The molecule has 1 aromatic rings. The van der Waals surface area contributed by atoms with E-state index in [1.165, 1.54) is 0 Å². The highest BCUT2D eigenvalue weighted by Crippen LogP contribution is 2.26. The molecule has 0 radical (unpaired) electrons. The first kappa shape index (κ1) is 8.78. The first-order chi connectivity index (χ1) is 6.79. The molecule has 0 bridgehead atoms. The number of hydrogen-bond donors (Lipinski definition) is 1. The fourth-order valence-corrected chi connectivity index (χ4v) is 1.45. The number of nitrogens with two attached hydrogens (primary N) is 1. The van der Waals surface area contributed by atoms with Gasteiger partial charge in [-0.2, -0.15) is 0 Å². The van der Waals surface area contributed by atoms with Crippen LogP contribution in [-0.2, 0) is 0 Å². The van der Waals surface area contributed by atoms with E-state index in [0.717, 1.165) is 16.8 Å². The number of allylic oxidation sites excluding steroid dienone is 4. The van der Waals surface area contributed by atoms with E-state index in [0.29, 0.717) is 0 Å². The molecule has 0 spiro atoms. The van der Waals surface area contributed by atoms with Gasteiger partial charge in [0.25, 0.3) is 0 Å². The van der Waals surface area contributed by atoms with Crippen molar-refractivity contribution in [2.24, 2.45) is 5.84 Å². The third kappa shape index (κ3) is 1.47. The van der Waals surface area contributed by atoms with Crippen molar-refractivity contribution in [3.63, 3.8) is 0 Å². The van der Waals surface area contributed by atoms with E-state index in [4.69, 9.17) is 5.84 Å². The summed E-state index contributed by atoms with van der Waals surface area (Å²) in [7, 11) is 0. The lowest BCUT2D eigenvalue weighted by Gasteiger charge is -2.19. The van der Waals surface area contributed by atoms with Crippen molar-refractivity contribution in [1.29, 1.82) is 0 Å². The summed E-state index contributed by atoms with van der Waals surface area (Å²) >= 11 is 0. The molecule has 14 heavy (non-hydrogen) atoms. The van der Waals surface area contributed by atoms with Crippen LogP contribution in [0.5, 0.6) is 0 Å². The standard InChI is InChI=1S/C12H12N2/c1-10-6-4-5-9-14(13)12-8-3-2-7-11(10)12/h2-9H,1,13H2/b6-4-,9-5-. The molecule has 0 aromatic heterocycles. The quantitative estimate of drug-likeness (QED) is 0.627. The van der Waals surface area contributed by atoms with Gasteiger partial charge in [0.1, 0.15) is 0 Å². The average molecular weight is 184 g/mol. The van der Waals surface area contributed by atoms with Crippen LogP contribution >= 0.6 is 0 Å². The van der Waals surface area contributed by atoms with Crippen LogP contribution in [0.4, 0.5) is 5.69 Å². The number of fused-ring (bicyclic) bond motifs is 1. The summed E-state index contributed by atoms with van der Waals surface area (Å²) in [6.07, 6.45) is 7.61. The molecular weight excluding hydrogens is 172 g/mol. The normalized spacial score (nSPS) is 19.5. The van der Waals surface area contributed by atoms with Gasteiger partial charge in [-0.05, 0) is 17.7 Å². The molecule has 0 atom stereocenters. The van der Waals surface area contributed by atoms with Gasteiger partial charge < -0.3 is 0 Å². The molecule has 0 aliphatic carbocycles. The molecule has 0 amide bonds. The zero-order chi connectivity index (χ0) is 9.97. The van der Waals surface area contributed by atoms with E-state index in [1.807, 2.05) is 48.7 Å². The van der Waals surface area contributed by atoms with Gasteiger partial charge in [0, 0.05) is 11.8 Å². The molecule has 1 aliphatic rings. The number of nitrogens with zero attached hydrogens (tertiary/aromatic N) is 1. The molecule has 0 saturated carbocycles. The minimum Gasteiger partial charge on any atom is -0.286 e. The van der Waals surface area contributed by atoms with Crippen molar-refractivity contribution in [3.05, 3.63) is 60.8 Å². The number of rotatable bonds is 0. The van der Waals surface area contributed by atoms with Gasteiger partial charge in [0.05, 0.1) is 5.69 Å².